The smallest absolute Gasteiger partial charge is 0.252 e. The van der Waals surface area contributed by atoms with Gasteiger partial charge in [0, 0.05) is 31.1 Å². The maximum absolute atomic E-state index is 12.7. The quantitative estimate of drug-likeness (QED) is 0.810. The topological polar surface area (TPSA) is 97.5 Å². The first-order valence-electron chi connectivity index (χ1n) is 8.82. The fourth-order valence-corrected chi connectivity index (χ4v) is 3.36. The molecule has 2 amide bonds. The highest BCUT2D eigenvalue weighted by atomic mass is 16.5. The second-order valence-corrected chi connectivity index (χ2v) is 6.53. The molecule has 1 aliphatic heterocycles. The van der Waals surface area contributed by atoms with Crippen molar-refractivity contribution in [2.45, 2.75) is 12.8 Å². The number of carbonyl (C=O) groups excluding carboxylic acids is 2. The van der Waals surface area contributed by atoms with Gasteiger partial charge in [0.1, 0.15) is 0 Å². The first kappa shape index (κ1) is 18.1. The first-order valence-corrected chi connectivity index (χ1v) is 8.82. The Kier molecular flexibility index (Phi) is 5.68. The van der Waals surface area contributed by atoms with Gasteiger partial charge in [-0.05, 0) is 25.5 Å². The largest absolute Gasteiger partial charge is 0.481 e. The fraction of sp³-hybridized carbons (Fsp3) is 0.421. The second-order valence-electron chi connectivity index (χ2n) is 6.53. The molecule has 0 radical (unpaired) electrons. The molecule has 26 heavy (non-hydrogen) atoms. The van der Waals surface area contributed by atoms with E-state index in [4.69, 9.17) is 10.5 Å². The molecule has 1 atom stereocenters. The highest BCUT2D eigenvalue weighted by molar-refractivity contribution is 6.06. The lowest BCUT2D eigenvalue weighted by molar-refractivity contribution is -0.123. The Morgan fingerprint density at radius 3 is 2.96 bits per heavy atom. The number of amides is 2. The molecular weight excluding hydrogens is 332 g/mol. The summed E-state index contributed by atoms with van der Waals surface area (Å²) < 4.78 is 5.20. The number of nitrogens with zero attached hydrogens (tertiary/aromatic N) is 2. The number of piperidine rings is 1. The van der Waals surface area contributed by atoms with Gasteiger partial charge < -0.3 is 20.7 Å². The van der Waals surface area contributed by atoms with Gasteiger partial charge in [0.05, 0.1) is 24.1 Å². The van der Waals surface area contributed by atoms with Gasteiger partial charge in [0.15, 0.2) is 0 Å². The highest BCUT2D eigenvalue weighted by Crippen LogP contribution is 2.22. The van der Waals surface area contributed by atoms with Crippen molar-refractivity contribution in [3.05, 3.63) is 35.9 Å². The van der Waals surface area contributed by atoms with Crippen LogP contribution in [0, 0.1) is 5.92 Å². The monoisotopic (exact) mass is 356 g/mol. The Balaban J connectivity index is 1.63. The number of para-hydroxylation sites is 1. The van der Waals surface area contributed by atoms with Crippen LogP contribution in [-0.2, 0) is 4.79 Å². The van der Waals surface area contributed by atoms with E-state index in [1.54, 1.807) is 6.07 Å². The van der Waals surface area contributed by atoms with Crippen molar-refractivity contribution in [1.29, 1.82) is 0 Å². The standard InChI is InChI=1S/C19H24N4O3/c1-26-17-11-15(14-6-2-3-7-16(14)22-17)19(25)21-8-10-23-9-4-5-13(12-23)18(20)24/h2-3,6-7,11,13H,4-5,8-10,12H2,1H3,(H2,20,24)(H,21,25)/t13-/m0/s1. The number of methoxy groups -OCH3 is 1. The number of fused-ring (bicyclic) bond motifs is 1. The zero-order valence-corrected chi connectivity index (χ0v) is 14.9. The van der Waals surface area contributed by atoms with Gasteiger partial charge in [-0.3, -0.25) is 9.59 Å². The molecule has 1 aromatic heterocycles. The van der Waals surface area contributed by atoms with Crippen molar-refractivity contribution >= 4 is 22.7 Å². The molecule has 0 bridgehead atoms. The molecule has 3 N–H and O–H groups in total. The predicted octanol–water partition coefficient (Wildman–Crippen LogP) is 1.17. The number of ether oxygens (including phenoxy) is 1. The molecule has 1 saturated heterocycles. The van der Waals surface area contributed by atoms with Crippen molar-refractivity contribution < 1.29 is 14.3 Å². The van der Waals surface area contributed by atoms with Crippen LogP contribution < -0.4 is 15.8 Å². The lowest BCUT2D eigenvalue weighted by atomic mass is 9.97. The number of nitrogens with one attached hydrogen (secondary N) is 1. The third kappa shape index (κ3) is 4.11. The number of primary amides is 1. The van der Waals surface area contributed by atoms with E-state index in [2.05, 4.69) is 15.2 Å². The molecule has 7 heteroatoms. The summed E-state index contributed by atoms with van der Waals surface area (Å²) in [6, 6.07) is 9.14. The average Bonchev–Trinajstić information content (AvgIpc) is 2.67. The number of hydrogen-bond donors (Lipinski definition) is 2. The molecule has 2 aromatic rings. The maximum Gasteiger partial charge on any atom is 0.252 e. The number of pyridine rings is 1. The zero-order valence-electron chi connectivity index (χ0n) is 14.9. The summed E-state index contributed by atoms with van der Waals surface area (Å²) in [5.41, 5.74) is 6.67. The number of benzene rings is 1. The molecule has 1 fully saturated rings. The lowest BCUT2D eigenvalue weighted by Gasteiger charge is -2.31. The average molecular weight is 356 g/mol. The van der Waals surface area contributed by atoms with E-state index in [1.165, 1.54) is 7.11 Å². The highest BCUT2D eigenvalue weighted by Gasteiger charge is 2.23. The molecule has 2 heterocycles. The van der Waals surface area contributed by atoms with Crippen LogP contribution in [0.4, 0.5) is 0 Å². The maximum atomic E-state index is 12.7. The van der Waals surface area contributed by atoms with Crippen LogP contribution in [0.15, 0.2) is 30.3 Å². The minimum atomic E-state index is -0.242. The van der Waals surface area contributed by atoms with Crippen LogP contribution in [0.1, 0.15) is 23.2 Å². The molecule has 138 valence electrons. The summed E-state index contributed by atoms with van der Waals surface area (Å²) in [6.07, 6.45) is 1.80. The van der Waals surface area contributed by atoms with Gasteiger partial charge in [-0.15, -0.1) is 0 Å². The molecule has 1 aliphatic rings. The van der Waals surface area contributed by atoms with Gasteiger partial charge in [-0.1, -0.05) is 18.2 Å². The molecule has 0 aliphatic carbocycles. The SMILES string of the molecule is COc1cc(C(=O)NCCN2CCC[C@H](C(N)=O)C2)c2ccccc2n1. The lowest BCUT2D eigenvalue weighted by Crippen LogP contribution is -2.44. The van der Waals surface area contributed by atoms with E-state index in [9.17, 15) is 9.59 Å². The van der Waals surface area contributed by atoms with Crippen LogP contribution in [-0.4, -0.2) is 55.0 Å². The minimum Gasteiger partial charge on any atom is -0.481 e. The van der Waals surface area contributed by atoms with Crippen LogP contribution in [0.2, 0.25) is 0 Å². The van der Waals surface area contributed by atoms with Gasteiger partial charge in [-0.25, -0.2) is 4.98 Å². The third-order valence-corrected chi connectivity index (χ3v) is 4.77. The van der Waals surface area contributed by atoms with E-state index in [1.807, 2.05) is 24.3 Å². The molecule has 1 aromatic carbocycles. The second kappa shape index (κ2) is 8.14. The van der Waals surface area contributed by atoms with Crippen LogP contribution in [0.5, 0.6) is 5.88 Å². The summed E-state index contributed by atoms with van der Waals surface area (Å²) >= 11 is 0. The van der Waals surface area contributed by atoms with Crippen molar-refractivity contribution in [1.82, 2.24) is 15.2 Å². The summed E-state index contributed by atoms with van der Waals surface area (Å²) in [5, 5.41) is 3.74. The molecule has 3 rings (SSSR count). The Morgan fingerprint density at radius 2 is 2.19 bits per heavy atom. The number of rotatable bonds is 6. The summed E-state index contributed by atoms with van der Waals surface area (Å²) in [5.74, 6) is -0.0820. The summed E-state index contributed by atoms with van der Waals surface area (Å²) in [6.45, 7) is 2.78. The molecular formula is C19H24N4O3. The third-order valence-electron chi connectivity index (χ3n) is 4.77. The van der Waals surface area contributed by atoms with Crippen molar-refractivity contribution in [3.63, 3.8) is 0 Å². The number of likely N-dealkylation sites (tertiary alicyclic amines) is 1. The van der Waals surface area contributed by atoms with E-state index in [0.717, 1.165) is 30.3 Å². The predicted molar refractivity (Wildman–Crippen MR) is 99.0 cm³/mol. The summed E-state index contributed by atoms with van der Waals surface area (Å²) in [7, 11) is 1.53. The number of nitrogens with two attached hydrogens (primary N) is 1. The number of carbonyl (C=O) groups is 2. The molecule has 0 unspecified atom stereocenters. The Hall–Kier alpha value is -2.67. The van der Waals surface area contributed by atoms with Crippen molar-refractivity contribution in [2.24, 2.45) is 11.7 Å². The van der Waals surface area contributed by atoms with Gasteiger partial charge >= 0.3 is 0 Å². The number of aromatic nitrogens is 1. The van der Waals surface area contributed by atoms with Crippen LogP contribution >= 0.6 is 0 Å². The Morgan fingerprint density at radius 1 is 1.38 bits per heavy atom. The van der Waals surface area contributed by atoms with E-state index < -0.39 is 0 Å². The minimum absolute atomic E-state index is 0.0899. The van der Waals surface area contributed by atoms with Crippen molar-refractivity contribution in [2.75, 3.05) is 33.3 Å². The number of hydrogen-bond acceptors (Lipinski definition) is 5. The van der Waals surface area contributed by atoms with Gasteiger partial charge in [-0.2, -0.15) is 0 Å². The molecule has 0 spiro atoms. The zero-order chi connectivity index (χ0) is 18.5. The molecule has 7 nitrogen and oxygen atoms in total. The fourth-order valence-electron chi connectivity index (χ4n) is 3.36. The normalized spacial score (nSPS) is 17.8. The van der Waals surface area contributed by atoms with Crippen LogP contribution in [0.25, 0.3) is 10.9 Å². The summed E-state index contributed by atoms with van der Waals surface area (Å²) in [4.78, 5) is 30.5. The van der Waals surface area contributed by atoms with Gasteiger partial charge in [0.2, 0.25) is 11.8 Å². The Labute approximate surface area is 152 Å². The van der Waals surface area contributed by atoms with E-state index in [-0.39, 0.29) is 17.7 Å². The van der Waals surface area contributed by atoms with E-state index >= 15 is 0 Å². The first-order chi connectivity index (χ1) is 12.6. The molecule has 0 saturated carbocycles. The van der Waals surface area contributed by atoms with Crippen molar-refractivity contribution in [3.8, 4) is 5.88 Å². The van der Waals surface area contributed by atoms with E-state index in [0.29, 0.717) is 31.1 Å². The van der Waals surface area contributed by atoms with Crippen LogP contribution in [0.3, 0.4) is 0 Å². The Bertz CT molecular complexity index is 808. The van der Waals surface area contributed by atoms with Gasteiger partial charge in [0.25, 0.3) is 5.91 Å².